The normalized spacial score (nSPS) is 14.6. The molecule has 0 radical (unpaired) electrons. The summed E-state index contributed by atoms with van der Waals surface area (Å²) in [5, 5.41) is 2.61. The second-order valence-electron chi connectivity index (χ2n) is 10.8. The van der Waals surface area contributed by atoms with Crippen molar-refractivity contribution in [3.63, 3.8) is 0 Å². The second kappa shape index (κ2) is 12.1. The Morgan fingerprint density at radius 2 is 1.73 bits per heavy atom. The van der Waals surface area contributed by atoms with Crippen LogP contribution >= 0.6 is 0 Å². The minimum absolute atomic E-state index is 0.0547. The number of alkyl halides is 3. The highest BCUT2D eigenvalue weighted by atomic mass is 19.4. The Balaban J connectivity index is 1.23. The molecule has 3 aromatic heterocycles. The number of pyridine rings is 1. The van der Waals surface area contributed by atoms with Crippen LogP contribution in [0.1, 0.15) is 21.5 Å². The quantitative estimate of drug-likeness (QED) is 0.251. The summed E-state index contributed by atoms with van der Waals surface area (Å²) < 4.78 is 50.1. The molecule has 1 aliphatic rings. The first-order valence-electron chi connectivity index (χ1n) is 14.1. The van der Waals surface area contributed by atoms with Crippen molar-refractivity contribution in [1.82, 2.24) is 29.3 Å². The summed E-state index contributed by atoms with van der Waals surface area (Å²) in [6, 6.07) is 15.8. The van der Waals surface area contributed by atoms with Crippen LogP contribution in [0.25, 0.3) is 22.4 Å². The van der Waals surface area contributed by atoms with E-state index in [1.54, 1.807) is 42.7 Å². The van der Waals surface area contributed by atoms with Gasteiger partial charge in [-0.25, -0.2) is 4.98 Å². The lowest BCUT2D eigenvalue weighted by molar-refractivity contribution is -0.138. The van der Waals surface area contributed by atoms with Crippen molar-refractivity contribution in [2.24, 2.45) is 7.05 Å². The largest absolute Gasteiger partial charge is 0.437 e. The molecule has 0 atom stereocenters. The summed E-state index contributed by atoms with van der Waals surface area (Å²) >= 11 is 0. The number of carbonyl (C=O) groups is 1. The maximum Gasteiger partial charge on any atom is 0.416 e. The first-order chi connectivity index (χ1) is 21.1. The summed E-state index contributed by atoms with van der Waals surface area (Å²) in [6.45, 7) is 3.19. The monoisotopic (exact) mass is 601 g/mol. The maximum absolute atomic E-state index is 14.0. The molecule has 0 unspecified atom stereocenters. The van der Waals surface area contributed by atoms with E-state index in [-0.39, 0.29) is 29.2 Å². The number of halogens is 3. The van der Waals surface area contributed by atoms with Crippen LogP contribution in [0.3, 0.4) is 0 Å². The topological polar surface area (TPSA) is 88.4 Å². The van der Waals surface area contributed by atoms with Crippen LogP contribution in [-0.4, -0.2) is 68.5 Å². The summed E-state index contributed by atoms with van der Waals surface area (Å²) in [5.41, 5.74) is 1.79. The molecule has 0 aliphatic carbocycles. The van der Waals surface area contributed by atoms with Gasteiger partial charge in [0.15, 0.2) is 5.82 Å². The van der Waals surface area contributed by atoms with Crippen molar-refractivity contribution in [3.05, 3.63) is 95.9 Å². The molecule has 0 spiro atoms. The van der Waals surface area contributed by atoms with Gasteiger partial charge in [-0.1, -0.05) is 12.1 Å². The number of fused-ring (bicyclic) bond motifs is 1. The fourth-order valence-corrected chi connectivity index (χ4v) is 5.18. The molecule has 1 saturated heterocycles. The fraction of sp³-hybridized carbons (Fsp3) is 0.250. The highest BCUT2D eigenvalue weighted by molar-refractivity contribution is 6.04. The molecule has 6 rings (SSSR count). The Kier molecular flexibility index (Phi) is 8.02. The van der Waals surface area contributed by atoms with Gasteiger partial charge in [0, 0.05) is 75.2 Å². The third-order valence-electron chi connectivity index (χ3n) is 7.60. The summed E-state index contributed by atoms with van der Waals surface area (Å²) in [6.07, 6.45) is 0.577. The Morgan fingerprint density at radius 3 is 2.48 bits per heavy atom. The number of nitrogens with one attached hydrogen (secondary N) is 1. The van der Waals surface area contributed by atoms with Crippen molar-refractivity contribution in [3.8, 4) is 23.0 Å². The first-order valence-corrected chi connectivity index (χ1v) is 14.1. The number of benzene rings is 2. The van der Waals surface area contributed by atoms with Gasteiger partial charge in [0.2, 0.25) is 5.88 Å². The van der Waals surface area contributed by atoms with E-state index >= 15 is 0 Å². The Hall–Kier alpha value is -4.81. The number of aromatic nitrogens is 4. The van der Waals surface area contributed by atoms with Gasteiger partial charge in [-0.05, 0) is 61.1 Å². The molecule has 1 fully saturated rings. The molecule has 0 saturated carbocycles. The lowest BCUT2D eigenvalue weighted by atomic mass is 10.0. The molecule has 5 aromatic rings. The van der Waals surface area contributed by atoms with Gasteiger partial charge >= 0.3 is 6.18 Å². The molecule has 1 N–H and O–H groups in total. The minimum Gasteiger partial charge on any atom is -0.437 e. The van der Waals surface area contributed by atoms with Gasteiger partial charge in [-0.2, -0.15) is 18.2 Å². The van der Waals surface area contributed by atoms with Gasteiger partial charge in [0.25, 0.3) is 5.91 Å². The van der Waals surface area contributed by atoms with E-state index in [0.717, 1.165) is 24.7 Å². The first kappa shape index (κ1) is 29.3. The highest BCUT2D eigenvalue weighted by Crippen LogP contribution is 2.35. The third kappa shape index (κ3) is 6.41. The number of aryl methyl sites for hydroxylation is 1. The van der Waals surface area contributed by atoms with Crippen molar-refractivity contribution in [2.75, 3.05) is 38.5 Å². The van der Waals surface area contributed by atoms with Crippen LogP contribution in [0.5, 0.6) is 11.6 Å². The zero-order chi connectivity index (χ0) is 30.8. The van der Waals surface area contributed by atoms with Crippen LogP contribution in [-0.2, 0) is 19.8 Å². The van der Waals surface area contributed by atoms with E-state index in [1.165, 1.54) is 18.2 Å². The number of hydrogen-bond donors (Lipinski definition) is 1. The molecule has 0 bridgehead atoms. The predicted molar refractivity (Wildman–Crippen MR) is 160 cm³/mol. The number of piperazine rings is 1. The molecule has 9 nitrogen and oxygen atoms in total. The molecular formula is C32H30F3N7O2. The lowest BCUT2D eigenvalue weighted by Crippen LogP contribution is -2.44. The SMILES string of the molecule is CN1CCN(Cc2ccc(NC(=O)c3cccc(Oc4nc(-c5ccncc5)nc5ccn(C)c45)c3)cc2C(F)(F)F)CC1. The number of likely N-dealkylation sites (N-methyl/N-ethyl adjacent to an activating group) is 1. The Bertz CT molecular complexity index is 1800. The van der Waals surface area contributed by atoms with E-state index in [2.05, 4.69) is 25.2 Å². The molecule has 1 amide bonds. The average Bonchev–Trinajstić information content (AvgIpc) is 3.39. The number of nitrogens with zero attached hydrogens (tertiary/aromatic N) is 6. The number of carbonyl (C=O) groups excluding carboxylic acids is 1. The fourth-order valence-electron chi connectivity index (χ4n) is 5.18. The summed E-state index contributed by atoms with van der Waals surface area (Å²) in [4.78, 5) is 30.7. The van der Waals surface area contributed by atoms with Crippen molar-refractivity contribution in [1.29, 1.82) is 0 Å². The van der Waals surface area contributed by atoms with Gasteiger partial charge in [0.1, 0.15) is 11.3 Å². The van der Waals surface area contributed by atoms with E-state index in [9.17, 15) is 18.0 Å². The highest BCUT2D eigenvalue weighted by Gasteiger charge is 2.34. The number of amides is 1. The van der Waals surface area contributed by atoms with Crippen molar-refractivity contribution >= 4 is 22.6 Å². The van der Waals surface area contributed by atoms with Crippen molar-refractivity contribution < 1.29 is 22.7 Å². The van der Waals surface area contributed by atoms with Crippen LogP contribution in [0.4, 0.5) is 18.9 Å². The van der Waals surface area contributed by atoms with Gasteiger partial charge in [-0.3, -0.25) is 14.7 Å². The molecular weight excluding hydrogens is 571 g/mol. The Morgan fingerprint density at radius 1 is 0.955 bits per heavy atom. The van der Waals surface area contributed by atoms with Crippen LogP contribution < -0.4 is 10.1 Å². The maximum atomic E-state index is 14.0. The zero-order valence-corrected chi connectivity index (χ0v) is 24.2. The van der Waals surface area contributed by atoms with Gasteiger partial charge in [0.05, 0.1) is 11.1 Å². The number of hydrogen-bond acceptors (Lipinski definition) is 7. The molecule has 2 aromatic carbocycles. The number of anilines is 1. The lowest BCUT2D eigenvalue weighted by Gasteiger charge is -2.33. The predicted octanol–water partition coefficient (Wildman–Crippen LogP) is 5.84. The van der Waals surface area contributed by atoms with Crippen molar-refractivity contribution in [2.45, 2.75) is 12.7 Å². The van der Waals surface area contributed by atoms with E-state index in [1.807, 2.05) is 35.8 Å². The molecule has 44 heavy (non-hydrogen) atoms. The average molecular weight is 602 g/mol. The van der Waals surface area contributed by atoms with E-state index in [4.69, 9.17) is 4.74 Å². The smallest absolute Gasteiger partial charge is 0.416 e. The van der Waals surface area contributed by atoms with E-state index < -0.39 is 17.6 Å². The van der Waals surface area contributed by atoms with E-state index in [0.29, 0.717) is 35.7 Å². The van der Waals surface area contributed by atoms with Crippen LogP contribution in [0.15, 0.2) is 79.3 Å². The van der Waals surface area contributed by atoms with Gasteiger partial charge < -0.3 is 19.5 Å². The van der Waals surface area contributed by atoms with Crippen LogP contribution in [0, 0.1) is 0 Å². The number of ether oxygens (including phenoxy) is 1. The molecule has 4 heterocycles. The molecule has 226 valence electrons. The molecule has 12 heteroatoms. The third-order valence-corrected chi connectivity index (χ3v) is 7.60. The minimum atomic E-state index is -4.56. The van der Waals surface area contributed by atoms with Gasteiger partial charge in [-0.15, -0.1) is 0 Å². The molecule has 1 aliphatic heterocycles. The zero-order valence-electron chi connectivity index (χ0n) is 24.2. The number of rotatable bonds is 7. The Labute approximate surface area is 251 Å². The summed E-state index contributed by atoms with van der Waals surface area (Å²) in [5.74, 6) is 0.502. The standard InChI is InChI=1S/C32H30F3N7O2/c1-40-14-16-42(17-15-40)20-23-6-7-24(19-26(23)32(33,34)35)37-30(43)22-4-3-5-25(18-22)44-31-28-27(10-13-41(28)2)38-29(39-31)21-8-11-36-12-9-21/h3-13,18-19H,14-17,20H2,1-2H3,(H,37,43). The second-order valence-corrected chi connectivity index (χ2v) is 10.8. The summed E-state index contributed by atoms with van der Waals surface area (Å²) in [7, 11) is 3.84. The van der Waals surface area contributed by atoms with Crippen LogP contribution in [0.2, 0.25) is 0 Å².